The standard InChI is InChI=1S/C17H29N3/c1-4-10-18-14(3)15-9-11-19-17(13-15)20-12-7-6-8-16(20)5-2/h9,11,13-14,16,18H,4-8,10,12H2,1-3H3. The van der Waals surface area contributed by atoms with Crippen LogP contribution in [0.1, 0.15) is 64.5 Å². The minimum Gasteiger partial charge on any atom is -0.354 e. The van der Waals surface area contributed by atoms with Crippen LogP contribution >= 0.6 is 0 Å². The molecule has 1 aromatic rings. The normalized spacial score (nSPS) is 20.9. The highest BCUT2D eigenvalue weighted by molar-refractivity contribution is 5.43. The van der Waals surface area contributed by atoms with Crippen molar-refractivity contribution in [2.45, 2.75) is 65.0 Å². The maximum Gasteiger partial charge on any atom is 0.129 e. The largest absolute Gasteiger partial charge is 0.354 e. The first-order valence-electron chi connectivity index (χ1n) is 8.22. The molecule has 1 saturated heterocycles. The first-order valence-corrected chi connectivity index (χ1v) is 8.22. The van der Waals surface area contributed by atoms with E-state index in [2.05, 4.69) is 48.1 Å². The molecule has 2 heterocycles. The predicted octanol–water partition coefficient (Wildman–Crippen LogP) is 3.91. The van der Waals surface area contributed by atoms with Gasteiger partial charge in [0.15, 0.2) is 0 Å². The summed E-state index contributed by atoms with van der Waals surface area (Å²) in [6, 6.07) is 5.50. The molecule has 0 aliphatic carbocycles. The smallest absolute Gasteiger partial charge is 0.129 e. The number of rotatable bonds is 6. The molecule has 0 amide bonds. The van der Waals surface area contributed by atoms with Gasteiger partial charge in [0, 0.05) is 24.8 Å². The summed E-state index contributed by atoms with van der Waals surface area (Å²) in [6.07, 6.45) is 8.33. The lowest BCUT2D eigenvalue weighted by Crippen LogP contribution is -2.39. The molecule has 1 N–H and O–H groups in total. The Morgan fingerprint density at radius 1 is 1.40 bits per heavy atom. The van der Waals surface area contributed by atoms with E-state index in [9.17, 15) is 0 Å². The van der Waals surface area contributed by atoms with Crippen LogP contribution in [0.25, 0.3) is 0 Å². The Kier molecular flexibility index (Phi) is 5.84. The molecule has 20 heavy (non-hydrogen) atoms. The number of piperidine rings is 1. The van der Waals surface area contributed by atoms with E-state index >= 15 is 0 Å². The number of aromatic nitrogens is 1. The van der Waals surface area contributed by atoms with Crippen LogP contribution in [0.3, 0.4) is 0 Å². The van der Waals surface area contributed by atoms with Gasteiger partial charge >= 0.3 is 0 Å². The van der Waals surface area contributed by atoms with Crippen LogP contribution in [0.4, 0.5) is 5.82 Å². The third kappa shape index (κ3) is 3.72. The number of nitrogens with one attached hydrogen (secondary N) is 1. The van der Waals surface area contributed by atoms with Crippen molar-refractivity contribution in [3.8, 4) is 0 Å². The summed E-state index contributed by atoms with van der Waals surface area (Å²) in [5.74, 6) is 1.17. The highest BCUT2D eigenvalue weighted by Crippen LogP contribution is 2.26. The minimum atomic E-state index is 0.404. The second kappa shape index (κ2) is 7.63. The van der Waals surface area contributed by atoms with Crippen LogP contribution in [0, 0.1) is 0 Å². The van der Waals surface area contributed by atoms with Gasteiger partial charge in [-0.2, -0.15) is 0 Å². The summed E-state index contributed by atoms with van der Waals surface area (Å²) >= 11 is 0. The van der Waals surface area contributed by atoms with Crippen molar-refractivity contribution >= 4 is 5.82 Å². The van der Waals surface area contributed by atoms with E-state index in [-0.39, 0.29) is 0 Å². The first-order chi connectivity index (χ1) is 9.76. The second-order valence-electron chi connectivity index (χ2n) is 5.87. The fraction of sp³-hybridized carbons (Fsp3) is 0.706. The number of hydrogen-bond acceptors (Lipinski definition) is 3. The van der Waals surface area contributed by atoms with E-state index in [1.54, 1.807) is 0 Å². The molecule has 2 atom stereocenters. The molecule has 2 rings (SSSR count). The van der Waals surface area contributed by atoms with Gasteiger partial charge in [-0.1, -0.05) is 13.8 Å². The summed E-state index contributed by atoms with van der Waals surface area (Å²) in [5.41, 5.74) is 1.35. The topological polar surface area (TPSA) is 28.2 Å². The monoisotopic (exact) mass is 275 g/mol. The highest BCUT2D eigenvalue weighted by Gasteiger charge is 2.22. The Labute approximate surface area is 123 Å². The van der Waals surface area contributed by atoms with E-state index in [0.717, 1.165) is 13.1 Å². The van der Waals surface area contributed by atoms with E-state index in [1.165, 1.54) is 43.5 Å². The van der Waals surface area contributed by atoms with Gasteiger partial charge in [0.05, 0.1) is 0 Å². The van der Waals surface area contributed by atoms with Gasteiger partial charge in [-0.3, -0.25) is 0 Å². The van der Waals surface area contributed by atoms with E-state index in [0.29, 0.717) is 12.1 Å². The van der Waals surface area contributed by atoms with Crippen LogP contribution in [0.5, 0.6) is 0 Å². The van der Waals surface area contributed by atoms with Gasteiger partial charge in [-0.15, -0.1) is 0 Å². The molecule has 112 valence electrons. The second-order valence-corrected chi connectivity index (χ2v) is 5.87. The lowest BCUT2D eigenvalue weighted by Gasteiger charge is -2.36. The summed E-state index contributed by atoms with van der Waals surface area (Å²) in [5, 5.41) is 3.56. The molecule has 1 aromatic heterocycles. The fourth-order valence-electron chi connectivity index (χ4n) is 3.07. The van der Waals surface area contributed by atoms with Crippen molar-refractivity contribution in [3.63, 3.8) is 0 Å². The molecular weight excluding hydrogens is 246 g/mol. The predicted molar refractivity (Wildman–Crippen MR) is 86.2 cm³/mol. The number of pyridine rings is 1. The van der Waals surface area contributed by atoms with E-state index < -0.39 is 0 Å². The molecule has 0 radical (unpaired) electrons. The molecule has 0 saturated carbocycles. The van der Waals surface area contributed by atoms with Crippen molar-refractivity contribution in [2.24, 2.45) is 0 Å². The molecule has 1 aliphatic rings. The molecular formula is C17H29N3. The average molecular weight is 275 g/mol. The Bertz CT molecular complexity index is 405. The van der Waals surface area contributed by atoms with Gasteiger partial charge in [-0.05, 0) is 63.3 Å². The van der Waals surface area contributed by atoms with Crippen LogP contribution in [-0.4, -0.2) is 24.1 Å². The summed E-state index contributed by atoms with van der Waals surface area (Å²) in [4.78, 5) is 7.14. The minimum absolute atomic E-state index is 0.404. The summed E-state index contributed by atoms with van der Waals surface area (Å²) in [6.45, 7) is 8.96. The van der Waals surface area contributed by atoms with Crippen LogP contribution in [0.2, 0.25) is 0 Å². The zero-order valence-corrected chi connectivity index (χ0v) is 13.2. The van der Waals surface area contributed by atoms with Crippen LogP contribution in [-0.2, 0) is 0 Å². The van der Waals surface area contributed by atoms with Gasteiger partial charge in [0.25, 0.3) is 0 Å². The molecule has 3 nitrogen and oxygen atoms in total. The Morgan fingerprint density at radius 2 is 2.25 bits per heavy atom. The molecule has 0 aromatic carbocycles. The van der Waals surface area contributed by atoms with Crippen LogP contribution in [0.15, 0.2) is 18.3 Å². The van der Waals surface area contributed by atoms with Crippen molar-refractivity contribution in [1.82, 2.24) is 10.3 Å². The van der Waals surface area contributed by atoms with Gasteiger partial charge in [-0.25, -0.2) is 4.98 Å². The SMILES string of the molecule is CCCNC(C)c1ccnc(N2CCCCC2CC)c1. The first kappa shape index (κ1) is 15.3. The van der Waals surface area contributed by atoms with Crippen molar-refractivity contribution in [3.05, 3.63) is 23.9 Å². The average Bonchev–Trinajstić information content (AvgIpc) is 2.52. The van der Waals surface area contributed by atoms with E-state index in [1.807, 2.05) is 6.20 Å². The summed E-state index contributed by atoms with van der Waals surface area (Å²) in [7, 11) is 0. The number of hydrogen-bond donors (Lipinski definition) is 1. The molecule has 0 bridgehead atoms. The Morgan fingerprint density at radius 3 is 3.00 bits per heavy atom. The Balaban J connectivity index is 2.11. The van der Waals surface area contributed by atoms with Gasteiger partial charge in [0.2, 0.25) is 0 Å². The summed E-state index contributed by atoms with van der Waals surface area (Å²) < 4.78 is 0. The molecule has 1 fully saturated rings. The van der Waals surface area contributed by atoms with E-state index in [4.69, 9.17) is 0 Å². The van der Waals surface area contributed by atoms with Gasteiger partial charge < -0.3 is 10.2 Å². The number of anilines is 1. The molecule has 1 aliphatic heterocycles. The zero-order chi connectivity index (χ0) is 14.4. The Hall–Kier alpha value is -1.09. The van der Waals surface area contributed by atoms with Crippen molar-refractivity contribution in [1.29, 1.82) is 0 Å². The third-order valence-electron chi connectivity index (χ3n) is 4.36. The molecule has 2 unspecified atom stereocenters. The van der Waals surface area contributed by atoms with Gasteiger partial charge in [0.1, 0.15) is 5.82 Å². The maximum atomic E-state index is 4.62. The molecule has 3 heteroatoms. The van der Waals surface area contributed by atoms with Crippen LogP contribution < -0.4 is 10.2 Å². The lowest BCUT2D eigenvalue weighted by molar-refractivity contribution is 0.446. The lowest BCUT2D eigenvalue weighted by atomic mass is 9.99. The fourth-order valence-corrected chi connectivity index (χ4v) is 3.07. The number of nitrogens with zero attached hydrogens (tertiary/aromatic N) is 2. The van der Waals surface area contributed by atoms with Crippen molar-refractivity contribution in [2.75, 3.05) is 18.0 Å². The van der Waals surface area contributed by atoms with Crippen molar-refractivity contribution < 1.29 is 0 Å². The highest BCUT2D eigenvalue weighted by atomic mass is 15.2. The maximum absolute atomic E-state index is 4.62. The molecule has 0 spiro atoms. The quantitative estimate of drug-likeness (QED) is 0.853. The third-order valence-corrected chi connectivity index (χ3v) is 4.36. The zero-order valence-electron chi connectivity index (χ0n) is 13.2.